The van der Waals surface area contributed by atoms with Gasteiger partial charge in [0.15, 0.2) is 0 Å². The molecule has 1 amide bonds. The fourth-order valence-corrected chi connectivity index (χ4v) is 3.79. The molecule has 0 unspecified atom stereocenters. The monoisotopic (exact) mass is 439 g/mol. The maximum atomic E-state index is 12.1. The second-order valence-electron chi connectivity index (χ2n) is 8.18. The molecule has 0 radical (unpaired) electrons. The van der Waals surface area contributed by atoms with Crippen LogP contribution in [-0.2, 0) is 6.54 Å². The summed E-state index contributed by atoms with van der Waals surface area (Å²) in [4.78, 5) is 37.6. The zero-order chi connectivity index (χ0) is 21.5. The number of hydrogen-bond acceptors (Lipinski definition) is 6. The number of aromatic nitrogens is 3. The Morgan fingerprint density at radius 1 is 1.32 bits per heavy atom. The number of fused-ring (bicyclic) bond motifs is 1. The van der Waals surface area contributed by atoms with Gasteiger partial charge >= 0.3 is 0 Å². The number of nitrogens with one attached hydrogen (secondary N) is 2. The van der Waals surface area contributed by atoms with E-state index in [1.54, 1.807) is 18.3 Å². The van der Waals surface area contributed by atoms with Gasteiger partial charge in [-0.1, -0.05) is 11.6 Å². The minimum Gasteiger partial charge on any atom is -0.486 e. The van der Waals surface area contributed by atoms with Gasteiger partial charge in [-0.2, -0.15) is 0 Å². The first-order valence-corrected chi connectivity index (χ1v) is 10.7. The number of likely N-dealkylation sites (tertiary alicyclic amines) is 1. The lowest BCUT2D eigenvalue weighted by Crippen LogP contribution is -2.53. The van der Waals surface area contributed by atoms with Gasteiger partial charge in [0.1, 0.15) is 22.6 Å². The fraction of sp³-hybridized carbons (Fsp3) is 0.364. The molecular formula is C22H22ClN5O3. The topological polar surface area (TPSA) is 100 Å². The number of carbonyl (C=O) groups is 1. The van der Waals surface area contributed by atoms with Crippen LogP contribution in [0, 0.1) is 6.92 Å². The summed E-state index contributed by atoms with van der Waals surface area (Å²) < 4.78 is 6.06. The number of halogens is 1. The highest BCUT2D eigenvalue weighted by molar-refractivity contribution is 6.30. The molecule has 3 aromatic rings. The molecular weight excluding hydrogens is 418 g/mol. The van der Waals surface area contributed by atoms with Crippen molar-refractivity contribution in [2.75, 3.05) is 13.1 Å². The van der Waals surface area contributed by atoms with E-state index in [0.717, 1.165) is 31.5 Å². The first kappa shape index (κ1) is 20.0. The van der Waals surface area contributed by atoms with Crippen molar-refractivity contribution in [1.29, 1.82) is 0 Å². The van der Waals surface area contributed by atoms with Gasteiger partial charge in [-0.15, -0.1) is 0 Å². The number of nitrogens with zero attached hydrogens (tertiary/aromatic N) is 3. The molecule has 1 aliphatic carbocycles. The summed E-state index contributed by atoms with van der Waals surface area (Å²) >= 11 is 5.85. The van der Waals surface area contributed by atoms with Crippen molar-refractivity contribution in [3.8, 4) is 5.75 Å². The van der Waals surface area contributed by atoms with Crippen LogP contribution >= 0.6 is 11.6 Å². The quantitative estimate of drug-likeness (QED) is 0.612. The highest BCUT2D eigenvalue weighted by Gasteiger charge is 2.29. The Balaban J connectivity index is 1.17. The maximum absolute atomic E-state index is 12.1. The van der Waals surface area contributed by atoms with E-state index in [2.05, 4.69) is 25.2 Å². The predicted molar refractivity (Wildman–Crippen MR) is 117 cm³/mol. The zero-order valence-corrected chi connectivity index (χ0v) is 17.8. The third-order valence-electron chi connectivity index (χ3n) is 5.51. The second kappa shape index (κ2) is 7.94. The van der Waals surface area contributed by atoms with Crippen molar-refractivity contribution in [2.45, 2.75) is 38.5 Å². The molecule has 1 aliphatic heterocycles. The van der Waals surface area contributed by atoms with Gasteiger partial charge in [0.2, 0.25) is 0 Å². The van der Waals surface area contributed by atoms with Gasteiger partial charge in [-0.25, -0.2) is 4.98 Å². The number of amides is 1. The summed E-state index contributed by atoms with van der Waals surface area (Å²) in [6.07, 6.45) is 3.96. The molecule has 8 nitrogen and oxygen atoms in total. The minimum absolute atomic E-state index is 0.0682. The highest BCUT2D eigenvalue weighted by atomic mass is 35.5. The number of pyridine rings is 3. The Bertz CT molecular complexity index is 1220. The molecule has 31 heavy (non-hydrogen) atoms. The van der Waals surface area contributed by atoms with Crippen LogP contribution in [0.3, 0.4) is 0 Å². The summed E-state index contributed by atoms with van der Waals surface area (Å²) in [6.45, 7) is 4.12. The van der Waals surface area contributed by atoms with E-state index in [0.29, 0.717) is 40.8 Å². The fourth-order valence-electron chi connectivity index (χ4n) is 3.64. The zero-order valence-electron chi connectivity index (χ0n) is 17.0. The molecule has 2 N–H and O–H groups in total. The number of aryl methyl sites for hydroxylation is 1. The van der Waals surface area contributed by atoms with Crippen molar-refractivity contribution < 1.29 is 9.53 Å². The summed E-state index contributed by atoms with van der Waals surface area (Å²) in [5, 5.41) is 3.08. The summed E-state index contributed by atoms with van der Waals surface area (Å²) in [5.74, 6) is 0.578. The van der Waals surface area contributed by atoms with Crippen molar-refractivity contribution in [2.24, 2.45) is 0 Å². The number of H-pyrrole nitrogens is 1. The number of aromatic amines is 1. The lowest BCUT2D eigenvalue weighted by Gasteiger charge is -2.39. The van der Waals surface area contributed by atoms with Gasteiger partial charge < -0.3 is 15.0 Å². The molecule has 0 spiro atoms. The van der Waals surface area contributed by atoms with E-state index in [1.807, 2.05) is 19.1 Å². The minimum atomic E-state index is -0.314. The normalized spacial score (nSPS) is 16.8. The van der Waals surface area contributed by atoms with Crippen LogP contribution in [0.1, 0.15) is 34.6 Å². The predicted octanol–water partition coefficient (Wildman–Crippen LogP) is 2.44. The Labute approximate surface area is 183 Å². The molecule has 2 aliphatic rings. The average molecular weight is 440 g/mol. The Hall–Kier alpha value is -2.97. The molecule has 0 bridgehead atoms. The molecule has 9 heteroatoms. The lowest BCUT2D eigenvalue weighted by molar-refractivity contribution is 0.0139. The van der Waals surface area contributed by atoms with Crippen LogP contribution in [0.15, 0.2) is 35.3 Å². The third-order valence-corrected chi connectivity index (χ3v) is 5.79. The molecule has 4 heterocycles. The van der Waals surface area contributed by atoms with E-state index in [-0.39, 0.29) is 22.6 Å². The van der Waals surface area contributed by atoms with Gasteiger partial charge in [0.25, 0.3) is 11.5 Å². The van der Waals surface area contributed by atoms with E-state index < -0.39 is 0 Å². The van der Waals surface area contributed by atoms with Crippen molar-refractivity contribution in [3.05, 3.63) is 62.8 Å². The molecule has 1 saturated carbocycles. The van der Waals surface area contributed by atoms with Crippen LogP contribution in [0.2, 0.25) is 5.02 Å². The Kier molecular flexibility index (Phi) is 5.11. The van der Waals surface area contributed by atoms with E-state index in [1.165, 1.54) is 0 Å². The number of ether oxygens (including phenoxy) is 1. The van der Waals surface area contributed by atoms with Crippen LogP contribution in [0.5, 0.6) is 5.75 Å². The van der Waals surface area contributed by atoms with Gasteiger partial charge in [0, 0.05) is 31.9 Å². The number of rotatable bonds is 6. The lowest BCUT2D eigenvalue weighted by atomic mass is 10.1. The maximum Gasteiger partial charge on any atom is 0.270 e. The smallest absolute Gasteiger partial charge is 0.270 e. The standard InChI is InChI=1S/C22H22ClN5O3/c1-12-20(5-4-17(25-12)22(30)26-14-2-3-14)31-15-10-28(11-15)9-13-6-19-18(24-8-13)7-16(23)21(29)27-19/h4-8,14-15H,2-3,9-11H2,1H3,(H,26,30)(H,27,29). The first-order valence-electron chi connectivity index (χ1n) is 10.3. The van der Waals surface area contributed by atoms with Crippen LogP contribution in [0.4, 0.5) is 0 Å². The number of hydrogen-bond donors (Lipinski definition) is 2. The van der Waals surface area contributed by atoms with Gasteiger partial charge in [-0.3, -0.25) is 19.5 Å². The van der Waals surface area contributed by atoms with Crippen LogP contribution < -0.4 is 15.6 Å². The second-order valence-corrected chi connectivity index (χ2v) is 8.59. The van der Waals surface area contributed by atoms with Crippen molar-refractivity contribution in [3.63, 3.8) is 0 Å². The summed E-state index contributed by atoms with van der Waals surface area (Å²) in [7, 11) is 0. The average Bonchev–Trinajstić information content (AvgIpc) is 3.52. The van der Waals surface area contributed by atoms with Crippen molar-refractivity contribution in [1.82, 2.24) is 25.2 Å². The first-order chi connectivity index (χ1) is 14.9. The van der Waals surface area contributed by atoms with Crippen LogP contribution in [-0.4, -0.2) is 51.0 Å². The van der Waals surface area contributed by atoms with Gasteiger partial charge in [0.05, 0.1) is 16.7 Å². The highest BCUT2D eigenvalue weighted by Crippen LogP contribution is 2.24. The molecule has 2 fully saturated rings. The SMILES string of the molecule is Cc1nc(C(=O)NC2CC2)ccc1OC1CN(Cc2cnc3cc(Cl)c(=O)[nH]c3c2)C1. The molecule has 0 aromatic carbocycles. The Morgan fingerprint density at radius 3 is 2.87 bits per heavy atom. The Morgan fingerprint density at radius 2 is 2.13 bits per heavy atom. The molecule has 160 valence electrons. The van der Waals surface area contributed by atoms with Gasteiger partial charge in [-0.05, 0) is 49.6 Å². The molecule has 5 rings (SSSR count). The van der Waals surface area contributed by atoms with Crippen molar-refractivity contribution >= 4 is 28.5 Å². The third kappa shape index (κ3) is 4.40. The number of carbonyl (C=O) groups excluding carboxylic acids is 1. The molecule has 1 saturated heterocycles. The summed E-state index contributed by atoms with van der Waals surface area (Å²) in [6, 6.07) is 7.34. The molecule has 3 aromatic heterocycles. The van der Waals surface area contributed by atoms with Crippen LogP contribution in [0.25, 0.3) is 11.0 Å². The molecule has 0 atom stereocenters. The largest absolute Gasteiger partial charge is 0.486 e. The van der Waals surface area contributed by atoms with E-state index >= 15 is 0 Å². The van der Waals surface area contributed by atoms with E-state index in [9.17, 15) is 9.59 Å². The summed E-state index contributed by atoms with van der Waals surface area (Å²) in [5.41, 5.74) is 3.17. The van der Waals surface area contributed by atoms with E-state index in [4.69, 9.17) is 16.3 Å².